The molecule has 0 bridgehead atoms. The van der Waals surface area contributed by atoms with Gasteiger partial charge < -0.3 is 10.2 Å². The van der Waals surface area contributed by atoms with Crippen LogP contribution in [-0.2, 0) is 0 Å². The summed E-state index contributed by atoms with van der Waals surface area (Å²) in [5, 5.41) is 3.39. The summed E-state index contributed by atoms with van der Waals surface area (Å²) >= 11 is 2.27. The molecule has 5 heteroatoms. The fourth-order valence-corrected chi connectivity index (χ4v) is 3.15. The molecular weight excluding hydrogens is 387 g/mol. The van der Waals surface area contributed by atoms with Crippen molar-refractivity contribution in [1.82, 2.24) is 10.2 Å². The number of halogens is 2. The molecule has 1 fully saturated rings. The molecule has 1 amide bonds. The molecule has 0 saturated carbocycles. The highest BCUT2D eigenvalue weighted by molar-refractivity contribution is 14.1. The Balaban J connectivity index is 0.00000200. The van der Waals surface area contributed by atoms with Gasteiger partial charge in [-0.1, -0.05) is 12.1 Å². The van der Waals surface area contributed by atoms with E-state index in [1.807, 2.05) is 37.1 Å². The molecule has 2 rings (SSSR count). The van der Waals surface area contributed by atoms with Gasteiger partial charge >= 0.3 is 0 Å². The molecule has 3 nitrogen and oxygen atoms in total. The number of nitrogens with zero attached hydrogens (tertiary/aromatic N) is 1. The average molecular weight is 409 g/mol. The van der Waals surface area contributed by atoms with E-state index in [-0.39, 0.29) is 18.3 Å². The molecule has 1 aromatic rings. The van der Waals surface area contributed by atoms with Gasteiger partial charge in [0.05, 0.1) is 5.56 Å². The van der Waals surface area contributed by atoms with Crippen LogP contribution in [0.4, 0.5) is 0 Å². The summed E-state index contributed by atoms with van der Waals surface area (Å²) in [6.07, 6.45) is 3.29. The molecule has 1 aliphatic rings. The molecule has 1 aliphatic heterocycles. The number of carbonyl (C=O) groups is 1. The number of benzene rings is 1. The lowest BCUT2D eigenvalue weighted by atomic mass is 10.1. The molecule has 1 aromatic carbocycles. The fraction of sp³-hybridized carbons (Fsp3) is 0.533. The minimum atomic E-state index is 0. The number of amides is 1. The van der Waals surface area contributed by atoms with E-state index in [9.17, 15) is 4.79 Å². The Labute approximate surface area is 141 Å². The van der Waals surface area contributed by atoms with Gasteiger partial charge in [0.1, 0.15) is 0 Å². The van der Waals surface area contributed by atoms with Crippen LogP contribution in [-0.4, -0.2) is 37.0 Å². The van der Waals surface area contributed by atoms with Crippen molar-refractivity contribution in [3.63, 3.8) is 0 Å². The zero-order chi connectivity index (χ0) is 13.8. The summed E-state index contributed by atoms with van der Waals surface area (Å²) in [5.74, 6) is 0.153. The topological polar surface area (TPSA) is 32.3 Å². The highest BCUT2D eigenvalue weighted by Gasteiger charge is 2.23. The molecule has 1 heterocycles. The van der Waals surface area contributed by atoms with Crippen molar-refractivity contribution in [1.29, 1.82) is 0 Å². The second kappa shape index (κ2) is 8.20. The second-order valence-corrected chi connectivity index (χ2v) is 6.27. The molecule has 1 saturated heterocycles. The van der Waals surface area contributed by atoms with E-state index < -0.39 is 0 Å². The lowest BCUT2D eigenvalue weighted by Crippen LogP contribution is -2.38. The van der Waals surface area contributed by atoms with Crippen LogP contribution in [0.2, 0.25) is 0 Å². The molecular formula is C15H22ClIN2O. The third kappa shape index (κ3) is 4.09. The molecule has 1 unspecified atom stereocenters. The fourth-order valence-electron chi connectivity index (χ4n) is 2.56. The molecule has 0 spiro atoms. The van der Waals surface area contributed by atoms with Crippen molar-refractivity contribution >= 4 is 40.9 Å². The predicted molar refractivity (Wildman–Crippen MR) is 93.7 cm³/mol. The van der Waals surface area contributed by atoms with Crippen LogP contribution in [0.25, 0.3) is 0 Å². The summed E-state index contributed by atoms with van der Waals surface area (Å²) < 4.78 is 1.07. The average Bonchev–Trinajstić information content (AvgIpc) is 2.69. The first-order chi connectivity index (χ1) is 9.11. The summed E-state index contributed by atoms with van der Waals surface area (Å²) in [7, 11) is 1.94. The zero-order valence-corrected chi connectivity index (χ0v) is 15.0. The second-order valence-electron chi connectivity index (χ2n) is 5.19. The van der Waals surface area contributed by atoms with Gasteiger partial charge in [0, 0.05) is 16.7 Å². The van der Waals surface area contributed by atoms with Crippen LogP contribution in [0, 0.1) is 10.5 Å². The number of hydrogen-bond acceptors (Lipinski definition) is 2. The maximum Gasteiger partial charge on any atom is 0.254 e. The van der Waals surface area contributed by atoms with Crippen LogP contribution in [0.1, 0.15) is 35.2 Å². The van der Waals surface area contributed by atoms with Crippen molar-refractivity contribution in [3.05, 3.63) is 32.9 Å². The van der Waals surface area contributed by atoms with Crippen molar-refractivity contribution in [2.45, 2.75) is 32.2 Å². The molecule has 1 N–H and O–H groups in total. The van der Waals surface area contributed by atoms with Crippen LogP contribution < -0.4 is 5.32 Å². The molecule has 0 radical (unpaired) electrons. The van der Waals surface area contributed by atoms with E-state index in [0.29, 0.717) is 6.04 Å². The third-order valence-corrected chi connectivity index (χ3v) is 5.27. The Morgan fingerprint density at radius 2 is 2.10 bits per heavy atom. The number of hydrogen-bond donors (Lipinski definition) is 1. The van der Waals surface area contributed by atoms with Crippen molar-refractivity contribution in [2.24, 2.45) is 0 Å². The molecule has 1 atom stereocenters. The SMILES string of the molecule is Cc1cccc(C(=O)N(C)C2CCCNCC2)c1I.Cl. The van der Waals surface area contributed by atoms with E-state index in [0.717, 1.165) is 41.5 Å². The number of nitrogens with one attached hydrogen (secondary N) is 1. The summed E-state index contributed by atoms with van der Waals surface area (Å²) in [5.41, 5.74) is 2.00. The summed E-state index contributed by atoms with van der Waals surface area (Å²) in [4.78, 5) is 14.6. The van der Waals surface area contributed by atoms with Gasteiger partial charge in [-0.3, -0.25) is 4.79 Å². The summed E-state index contributed by atoms with van der Waals surface area (Å²) in [6.45, 7) is 4.13. The van der Waals surface area contributed by atoms with Crippen LogP contribution in [0.15, 0.2) is 18.2 Å². The van der Waals surface area contributed by atoms with Crippen LogP contribution in [0.5, 0.6) is 0 Å². The first-order valence-corrected chi connectivity index (χ1v) is 7.92. The monoisotopic (exact) mass is 408 g/mol. The van der Waals surface area contributed by atoms with Crippen molar-refractivity contribution in [2.75, 3.05) is 20.1 Å². The quantitative estimate of drug-likeness (QED) is 0.762. The van der Waals surface area contributed by atoms with Crippen molar-refractivity contribution < 1.29 is 4.79 Å². The third-order valence-electron chi connectivity index (χ3n) is 3.84. The number of aryl methyl sites for hydroxylation is 1. The van der Waals surface area contributed by atoms with Crippen molar-refractivity contribution in [3.8, 4) is 0 Å². The Kier molecular flexibility index (Phi) is 7.26. The molecule has 0 aromatic heterocycles. The van der Waals surface area contributed by atoms with Gasteiger partial charge in [0.15, 0.2) is 0 Å². The Hall–Kier alpha value is -0.330. The van der Waals surface area contributed by atoms with Gasteiger partial charge in [-0.25, -0.2) is 0 Å². The Morgan fingerprint density at radius 3 is 2.85 bits per heavy atom. The molecule has 112 valence electrons. The smallest absolute Gasteiger partial charge is 0.254 e. The van der Waals surface area contributed by atoms with Gasteiger partial charge in [-0.05, 0) is 73.5 Å². The molecule has 0 aliphatic carbocycles. The lowest BCUT2D eigenvalue weighted by Gasteiger charge is -2.27. The highest BCUT2D eigenvalue weighted by atomic mass is 127. The zero-order valence-electron chi connectivity index (χ0n) is 12.0. The minimum Gasteiger partial charge on any atom is -0.339 e. The van der Waals surface area contributed by atoms with Crippen LogP contribution in [0.3, 0.4) is 0 Å². The van der Waals surface area contributed by atoms with Crippen LogP contribution >= 0.6 is 35.0 Å². The molecule has 20 heavy (non-hydrogen) atoms. The maximum atomic E-state index is 12.6. The van der Waals surface area contributed by atoms with E-state index in [2.05, 4.69) is 27.9 Å². The van der Waals surface area contributed by atoms with E-state index >= 15 is 0 Å². The Bertz CT molecular complexity index is 459. The van der Waals surface area contributed by atoms with E-state index in [4.69, 9.17) is 0 Å². The standard InChI is InChI=1S/C15H21IN2O.ClH/c1-11-5-3-7-13(14(11)16)15(19)18(2)12-6-4-9-17-10-8-12;/h3,5,7,12,17H,4,6,8-10H2,1-2H3;1H. The van der Waals surface area contributed by atoms with Gasteiger partial charge in [0.25, 0.3) is 5.91 Å². The van der Waals surface area contributed by atoms with Gasteiger partial charge in [0.2, 0.25) is 0 Å². The highest BCUT2D eigenvalue weighted by Crippen LogP contribution is 2.21. The summed E-state index contributed by atoms with van der Waals surface area (Å²) in [6, 6.07) is 6.31. The normalized spacial score (nSPS) is 18.9. The predicted octanol–water partition coefficient (Wildman–Crippen LogP) is 3.24. The minimum absolute atomic E-state index is 0. The Morgan fingerprint density at radius 1 is 1.35 bits per heavy atom. The maximum absolute atomic E-state index is 12.6. The van der Waals surface area contributed by atoms with Gasteiger partial charge in [-0.2, -0.15) is 0 Å². The van der Waals surface area contributed by atoms with E-state index in [1.54, 1.807) is 0 Å². The lowest BCUT2D eigenvalue weighted by molar-refractivity contribution is 0.0719. The first-order valence-electron chi connectivity index (χ1n) is 6.84. The van der Waals surface area contributed by atoms with E-state index in [1.165, 1.54) is 5.56 Å². The number of rotatable bonds is 2. The largest absolute Gasteiger partial charge is 0.339 e. The van der Waals surface area contributed by atoms with Gasteiger partial charge in [-0.15, -0.1) is 12.4 Å². The number of carbonyl (C=O) groups excluding carboxylic acids is 1. The first kappa shape index (κ1) is 17.7.